The van der Waals surface area contributed by atoms with E-state index in [0.717, 1.165) is 17.8 Å². The number of aliphatic imine (C=N–C) groups is 1. The Bertz CT molecular complexity index is 428. The van der Waals surface area contributed by atoms with E-state index >= 15 is 0 Å². The Morgan fingerprint density at radius 1 is 0.667 bits per heavy atom. The normalized spacial score (nSPS) is 29.6. The SMILES string of the molecule is CSCCCCCCCCCCCCCCCC=NC12CC3CC(CC(C3)C1)C2.I. The Balaban J connectivity index is 0.00000320. The molecule has 4 saturated carbocycles. The summed E-state index contributed by atoms with van der Waals surface area (Å²) in [6.45, 7) is 0. The van der Waals surface area contributed by atoms with Crippen LogP contribution in [0.1, 0.15) is 128 Å². The number of thioether (sulfide) groups is 1. The summed E-state index contributed by atoms with van der Waals surface area (Å²) in [6, 6.07) is 0. The van der Waals surface area contributed by atoms with Crippen molar-refractivity contribution >= 4 is 42.0 Å². The summed E-state index contributed by atoms with van der Waals surface area (Å²) in [4.78, 5) is 5.19. The molecule has 0 aromatic heterocycles. The molecule has 0 aromatic rings. The van der Waals surface area contributed by atoms with Crippen LogP contribution in [0.2, 0.25) is 0 Å². The highest BCUT2D eigenvalue weighted by molar-refractivity contribution is 14.0. The van der Waals surface area contributed by atoms with Gasteiger partial charge >= 0.3 is 0 Å². The van der Waals surface area contributed by atoms with Crippen LogP contribution in [-0.2, 0) is 0 Å². The maximum Gasteiger partial charge on any atom is 0.0612 e. The molecule has 3 heteroatoms. The number of hydrogen-bond acceptors (Lipinski definition) is 2. The molecule has 0 radical (unpaired) electrons. The first kappa shape index (κ1) is 27.0. The second-order valence-electron chi connectivity index (χ2n) is 10.8. The summed E-state index contributed by atoms with van der Waals surface area (Å²) >= 11 is 1.99. The van der Waals surface area contributed by atoms with E-state index in [1.54, 1.807) is 0 Å². The molecule has 0 N–H and O–H groups in total. The molecule has 0 aliphatic heterocycles. The van der Waals surface area contributed by atoms with Gasteiger partial charge < -0.3 is 0 Å². The highest BCUT2D eigenvalue weighted by Crippen LogP contribution is 2.57. The van der Waals surface area contributed by atoms with Crippen LogP contribution in [0, 0.1) is 17.8 Å². The van der Waals surface area contributed by atoms with Crippen LogP contribution in [-0.4, -0.2) is 23.8 Å². The van der Waals surface area contributed by atoms with Gasteiger partial charge in [0.2, 0.25) is 0 Å². The van der Waals surface area contributed by atoms with Crippen molar-refractivity contribution in [3.8, 4) is 0 Å². The van der Waals surface area contributed by atoms with Crippen molar-refractivity contribution in [2.24, 2.45) is 22.7 Å². The Kier molecular flexibility index (Phi) is 14.0. The first-order valence-corrected chi connectivity index (χ1v) is 14.7. The predicted octanol–water partition coefficient (Wildman–Crippen LogP) is 9.47. The molecule has 0 spiro atoms. The van der Waals surface area contributed by atoms with Crippen molar-refractivity contribution in [3.63, 3.8) is 0 Å². The predicted molar refractivity (Wildman–Crippen MR) is 148 cm³/mol. The largest absolute Gasteiger partial charge is 0.291 e. The van der Waals surface area contributed by atoms with Gasteiger partial charge in [0.1, 0.15) is 0 Å². The summed E-state index contributed by atoms with van der Waals surface area (Å²) in [6.07, 6.45) is 33.5. The van der Waals surface area contributed by atoms with Gasteiger partial charge in [-0.05, 0) is 93.8 Å². The zero-order valence-electron chi connectivity index (χ0n) is 19.9. The van der Waals surface area contributed by atoms with Crippen molar-refractivity contribution in [2.75, 3.05) is 12.0 Å². The lowest BCUT2D eigenvalue weighted by molar-refractivity contribution is 0.00184. The summed E-state index contributed by atoms with van der Waals surface area (Å²) in [7, 11) is 0. The molecule has 30 heavy (non-hydrogen) atoms. The van der Waals surface area contributed by atoms with Crippen molar-refractivity contribution in [1.82, 2.24) is 0 Å². The first-order valence-electron chi connectivity index (χ1n) is 13.3. The third-order valence-electron chi connectivity index (χ3n) is 8.05. The van der Waals surface area contributed by atoms with Gasteiger partial charge in [0.15, 0.2) is 0 Å². The lowest BCUT2D eigenvalue weighted by Crippen LogP contribution is -2.49. The van der Waals surface area contributed by atoms with Crippen molar-refractivity contribution in [3.05, 3.63) is 0 Å². The van der Waals surface area contributed by atoms with E-state index < -0.39 is 0 Å². The molecular formula is C27H50INS. The zero-order chi connectivity index (χ0) is 20.2. The molecule has 4 bridgehead atoms. The van der Waals surface area contributed by atoms with Gasteiger partial charge in [-0.2, -0.15) is 11.8 Å². The third kappa shape index (κ3) is 9.71. The first-order chi connectivity index (χ1) is 14.3. The maximum atomic E-state index is 5.19. The van der Waals surface area contributed by atoms with E-state index in [0.29, 0.717) is 5.54 Å². The van der Waals surface area contributed by atoms with E-state index in [-0.39, 0.29) is 24.0 Å². The van der Waals surface area contributed by atoms with E-state index in [4.69, 9.17) is 4.99 Å². The molecule has 4 aliphatic carbocycles. The molecule has 4 rings (SSSR count). The fraction of sp³-hybridized carbons (Fsp3) is 0.963. The van der Waals surface area contributed by atoms with Crippen molar-refractivity contribution < 1.29 is 0 Å². The Morgan fingerprint density at radius 2 is 1.07 bits per heavy atom. The highest BCUT2D eigenvalue weighted by atomic mass is 127. The Hall–Kier alpha value is 0.750. The number of hydrogen-bond donors (Lipinski definition) is 0. The third-order valence-corrected chi connectivity index (χ3v) is 8.75. The second kappa shape index (κ2) is 15.6. The van der Waals surface area contributed by atoms with Crippen LogP contribution >= 0.6 is 35.7 Å². The van der Waals surface area contributed by atoms with Crippen molar-refractivity contribution in [2.45, 2.75) is 134 Å². The van der Waals surface area contributed by atoms with Crippen LogP contribution in [0.4, 0.5) is 0 Å². The van der Waals surface area contributed by atoms with Crippen LogP contribution < -0.4 is 0 Å². The van der Waals surface area contributed by atoms with Crippen LogP contribution in [0.25, 0.3) is 0 Å². The minimum Gasteiger partial charge on any atom is -0.291 e. The molecule has 0 atom stereocenters. The monoisotopic (exact) mass is 547 g/mol. The number of halogens is 1. The fourth-order valence-electron chi connectivity index (χ4n) is 6.91. The maximum absolute atomic E-state index is 5.19. The second-order valence-corrected chi connectivity index (χ2v) is 11.8. The minimum absolute atomic E-state index is 0. The molecule has 4 fully saturated rings. The van der Waals surface area contributed by atoms with Gasteiger partial charge in [0.05, 0.1) is 5.54 Å². The zero-order valence-corrected chi connectivity index (χ0v) is 23.1. The fourth-order valence-corrected chi connectivity index (χ4v) is 7.40. The lowest BCUT2D eigenvalue weighted by Gasteiger charge is -2.55. The van der Waals surface area contributed by atoms with Gasteiger partial charge in [-0.25, -0.2) is 0 Å². The van der Waals surface area contributed by atoms with Gasteiger partial charge in [-0.1, -0.05) is 70.6 Å². The van der Waals surface area contributed by atoms with E-state index in [1.807, 2.05) is 11.8 Å². The van der Waals surface area contributed by atoms with Gasteiger partial charge in [0, 0.05) is 0 Å². The molecule has 0 saturated heterocycles. The molecule has 0 unspecified atom stereocenters. The number of rotatable bonds is 17. The molecule has 0 amide bonds. The minimum atomic E-state index is 0. The summed E-state index contributed by atoms with van der Waals surface area (Å²) in [5.74, 6) is 4.45. The molecular weight excluding hydrogens is 497 g/mol. The molecule has 0 aromatic carbocycles. The highest BCUT2D eigenvalue weighted by Gasteiger charge is 2.50. The molecule has 176 valence electrons. The topological polar surface area (TPSA) is 12.4 Å². The van der Waals surface area contributed by atoms with E-state index in [2.05, 4.69) is 12.5 Å². The quantitative estimate of drug-likeness (QED) is 0.100. The standard InChI is InChI=1S/C27H49NS.HI/c1-29-17-15-13-11-9-7-5-3-2-4-6-8-10-12-14-16-28-27-21-24-18-25(22-27)20-26(19-24)23-27;/h16,24-26H,2-15,17-23H2,1H3;1H. The van der Waals surface area contributed by atoms with Crippen LogP contribution in [0.5, 0.6) is 0 Å². The Morgan fingerprint density at radius 3 is 1.50 bits per heavy atom. The molecule has 0 heterocycles. The van der Waals surface area contributed by atoms with E-state index in [1.165, 1.54) is 134 Å². The molecule has 4 aliphatic rings. The van der Waals surface area contributed by atoms with Gasteiger partial charge in [-0.15, -0.1) is 24.0 Å². The number of nitrogens with zero attached hydrogens (tertiary/aromatic N) is 1. The van der Waals surface area contributed by atoms with Gasteiger partial charge in [0.25, 0.3) is 0 Å². The van der Waals surface area contributed by atoms with Crippen LogP contribution in [0.15, 0.2) is 4.99 Å². The summed E-state index contributed by atoms with van der Waals surface area (Å²) < 4.78 is 0. The van der Waals surface area contributed by atoms with Crippen LogP contribution in [0.3, 0.4) is 0 Å². The van der Waals surface area contributed by atoms with Gasteiger partial charge in [-0.3, -0.25) is 4.99 Å². The van der Waals surface area contributed by atoms with Crippen molar-refractivity contribution in [1.29, 1.82) is 0 Å². The smallest absolute Gasteiger partial charge is 0.0612 e. The Labute approximate surface area is 209 Å². The average molecular weight is 548 g/mol. The number of unbranched alkanes of at least 4 members (excludes halogenated alkanes) is 13. The lowest BCUT2D eigenvalue weighted by atomic mass is 9.53. The molecule has 1 nitrogen and oxygen atoms in total. The summed E-state index contributed by atoms with van der Waals surface area (Å²) in [5, 5.41) is 0. The summed E-state index contributed by atoms with van der Waals surface area (Å²) in [5.41, 5.74) is 0.406. The average Bonchev–Trinajstić information content (AvgIpc) is 2.69. The van der Waals surface area contributed by atoms with E-state index in [9.17, 15) is 0 Å².